The van der Waals surface area contributed by atoms with Crippen LogP contribution in [0.5, 0.6) is 5.75 Å². The molecule has 2 amide bonds. The molecular formula is C15H17N3O5. The minimum absolute atomic E-state index is 0.0836. The SMILES string of the molecule is NC(=O)c1cn2c(c(O)c1=O)C(=O)N1C(C2)OCC2CCCC21. The van der Waals surface area contributed by atoms with E-state index in [0.717, 1.165) is 19.3 Å². The van der Waals surface area contributed by atoms with Crippen LogP contribution in [0, 0.1) is 5.92 Å². The average Bonchev–Trinajstić information content (AvgIpc) is 2.98. The van der Waals surface area contributed by atoms with E-state index in [1.807, 2.05) is 0 Å². The number of nitrogens with zero attached hydrogens (tertiary/aromatic N) is 2. The number of carbonyl (C=O) groups is 2. The summed E-state index contributed by atoms with van der Waals surface area (Å²) in [6, 6.07) is 0.0836. The summed E-state index contributed by atoms with van der Waals surface area (Å²) in [7, 11) is 0. The van der Waals surface area contributed by atoms with Gasteiger partial charge in [0.1, 0.15) is 5.56 Å². The molecule has 0 aromatic carbocycles. The van der Waals surface area contributed by atoms with Gasteiger partial charge in [-0.25, -0.2) is 0 Å². The smallest absolute Gasteiger partial charge is 0.276 e. The molecular weight excluding hydrogens is 302 g/mol. The standard InChI is InChI=1S/C15H17N3O5/c16-14(21)8-4-17-5-10-18(9-3-1-2-7(9)6-23-10)15(22)11(17)13(20)12(8)19/h4,7,9-10,20H,1-3,5-6H2,(H2,16,21). The first-order valence-electron chi connectivity index (χ1n) is 7.69. The number of ether oxygens (including phenoxy) is 1. The lowest BCUT2D eigenvalue weighted by atomic mass is 9.98. The fraction of sp³-hybridized carbons (Fsp3) is 0.533. The molecule has 0 bridgehead atoms. The van der Waals surface area contributed by atoms with Gasteiger partial charge in [0, 0.05) is 18.2 Å². The monoisotopic (exact) mass is 319 g/mol. The van der Waals surface area contributed by atoms with Crippen molar-refractivity contribution in [2.24, 2.45) is 11.7 Å². The fourth-order valence-electron chi connectivity index (χ4n) is 4.01. The van der Waals surface area contributed by atoms with Crippen molar-refractivity contribution in [3.8, 4) is 5.75 Å². The maximum atomic E-state index is 12.9. The Bertz CT molecular complexity index is 771. The molecule has 3 aliphatic rings. The number of pyridine rings is 1. The van der Waals surface area contributed by atoms with E-state index in [1.165, 1.54) is 10.8 Å². The Labute approximate surface area is 131 Å². The van der Waals surface area contributed by atoms with E-state index in [2.05, 4.69) is 0 Å². The molecule has 1 aromatic rings. The lowest BCUT2D eigenvalue weighted by Gasteiger charge is -2.46. The van der Waals surface area contributed by atoms with Crippen LogP contribution in [0.4, 0.5) is 0 Å². The van der Waals surface area contributed by atoms with Gasteiger partial charge < -0.3 is 25.0 Å². The summed E-state index contributed by atoms with van der Waals surface area (Å²) in [6.07, 6.45) is 3.74. The predicted octanol–water partition coefficient (Wildman–Crippen LogP) is -0.366. The van der Waals surface area contributed by atoms with Crippen LogP contribution in [0.3, 0.4) is 0 Å². The summed E-state index contributed by atoms with van der Waals surface area (Å²) in [5, 5.41) is 10.1. The van der Waals surface area contributed by atoms with E-state index in [0.29, 0.717) is 12.5 Å². The second-order valence-corrected chi connectivity index (χ2v) is 6.34. The molecule has 3 atom stereocenters. The molecule has 2 fully saturated rings. The Hall–Kier alpha value is -2.35. The van der Waals surface area contributed by atoms with Gasteiger partial charge >= 0.3 is 0 Å². The first-order chi connectivity index (χ1) is 11.0. The minimum atomic E-state index is -0.934. The molecule has 4 rings (SSSR count). The Balaban J connectivity index is 1.84. The molecule has 8 nitrogen and oxygen atoms in total. The molecule has 1 aromatic heterocycles. The van der Waals surface area contributed by atoms with Crippen LogP contribution in [-0.4, -0.2) is 45.3 Å². The van der Waals surface area contributed by atoms with Gasteiger partial charge in [-0.15, -0.1) is 0 Å². The van der Waals surface area contributed by atoms with Crippen LogP contribution in [-0.2, 0) is 11.3 Å². The van der Waals surface area contributed by atoms with Crippen LogP contribution in [0.2, 0.25) is 0 Å². The number of hydrogen-bond acceptors (Lipinski definition) is 5. The van der Waals surface area contributed by atoms with Crippen molar-refractivity contribution in [2.45, 2.75) is 38.1 Å². The third-order valence-corrected chi connectivity index (χ3v) is 5.10. The molecule has 1 aliphatic carbocycles. The summed E-state index contributed by atoms with van der Waals surface area (Å²) in [5.74, 6) is -1.77. The van der Waals surface area contributed by atoms with Gasteiger partial charge in [0.15, 0.2) is 17.7 Å². The molecule has 1 saturated heterocycles. The van der Waals surface area contributed by atoms with E-state index in [-0.39, 0.29) is 23.8 Å². The molecule has 3 unspecified atom stereocenters. The largest absolute Gasteiger partial charge is 0.503 e. The highest BCUT2D eigenvalue weighted by atomic mass is 16.5. The third kappa shape index (κ3) is 1.91. The number of primary amides is 1. The van der Waals surface area contributed by atoms with Crippen molar-refractivity contribution in [3.63, 3.8) is 0 Å². The van der Waals surface area contributed by atoms with Gasteiger partial charge in [-0.05, 0) is 12.8 Å². The van der Waals surface area contributed by atoms with E-state index >= 15 is 0 Å². The zero-order chi connectivity index (χ0) is 16.3. The molecule has 3 N–H and O–H groups in total. The number of aromatic nitrogens is 1. The highest BCUT2D eigenvalue weighted by Gasteiger charge is 2.47. The Morgan fingerprint density at radius 2 is 2.13 bits per heavy atom. The molecule has 0 radical (unpaired) electrons. The topological polar surface area (TPSA) is 115 Å². The fourth-order valence-corrected chi connectivity index (χ4v) is 4.01. The Morgan fingerprint density at radius 3 is 2.87 bits per heavy atom. The number of fused-ring (bicyclic) bond motifs is 4. The number of hydrogen-bond donors (Lipinski definition) is 2. The van der Waals surface area contributed by atoms with Gasteiger partial charge in [-0.2, -0.15) is 0 Å². The van der Waals surface area contributed by atoms with Crippen molar-refractivity contribution in [1.29, 1.82) is 0 Å². The van der Waals surface area contributed by atoms with Crippen LogP contribution in [0.25, 0.3) is 0 Å². The number of rotatable bonds is 1. The second kappa shape index (κ2) is 4.82. The maximum absolute atomic E-state index is 12.9. The van der Waals surface area contributed by atoms with Crippen LogP contribution < -0.4 is 11.2 Å². The third-order valence-electron chi connectivity index (χ3n) is 5.10. The Morgan fingerprint density at radius 1 is 1.35 bits per heavy atom. The van der Waals surface area contributed by atoms with Gasteiger partial charge in [0.05, 0.1) is 13.2 Å². The molecule has 3 heterocycles. The average molecular weight is 319 g/mol. The zero-order valence-electron chi connectivity index (χ0n) is 12.4. The first kappa shape index (κ1) is 14.3. The van der Waals surface area contributed by atoms with E-state index in [1.54, 1.807) is 4.90 Å². The van der Waals surface area contributed by atoms with E-state index < -0.39 is 29.2 Å². The van der Waals surface area contributed by atoms with Gasteiger partial charge in [0.25, 0.3) is 11.8 Å². The van der Waals surface area contributed by atoms with Crippen LogP contribution in [0.1, 0.15) is 40.1 Å². The molecule has 0 spiro atoms. The van der Waals surface area contributed by atoms with Crippen LogP contribution >= 0.6 is 0 Å². The molecule has 8 heteroatoms. The number of amides is 2. The summed E-state index contributed by atoms with van der Waals surface area (Å²) in [5.41, 5.74) is 3.84. The van der Waals surface area contributed by atoms with Crippen molar-refractivity contribution >= 4 is 11.8 Å². The van der Waals surface area contributed by atoms with Gasteiger partial charge in [-0.3, -0.25) is 14.4 Å². The van der Waals surface area contributed by atoms with E-state index in [4.69, 9.17) is 10.5 Å². The summed E-state index contributed by atoms with van der Waals surface area (Å²) >= 11 is 0. The van der Waals surface area contributed by atoms with Gasteiger partial charge in [-0.1, -0.05) is 6.42 Å². The molecule has 122 valence electrons. The summed E-state index contributed by atoms with van der Waals surface area (Å²) in [4.78, 5) is 37.9. The Kier molecular flexibility index (Phi) is 2.99. The number of nitrogens with two attached hydrogens (primary N) is 1. The van der Waals surface area contributed by atoms with Crippen molar-refractivity contribution in [2.75, 3.05) is 6.61 Å². The number of aromatic hydroxyl groups is 1. The number of carbonyl (C=O) groups excluding carboxylic acids is 2. The summed E-state index contributed by atoms with van der Waals surface area (Å²) < 4.78 is 7.20. The normalized spacial score (nSPS) is 29.0. The molecule has 1 saturated carbocycles. The maximum Gasteiger partial charge on any atom is 0.276 e. The van der Waals surface area contributed by atoms with E-state index in [9.17, 15) is 19.5 Å². The lowest BCUT2D eigenvalue weighted by molar-refractivity contribution is -0.134. The highest BCUT2D eigenvalue weighted by molar-refractivity contribution is 5.98. The van der Waals surface area contributed by atoms with Crippen molar-refractivity contribution in [1.82, 2.24) is 9.47 Å². The second-order valence-electron chi connectivity index (χ2n) is 6.34. The minimum Gasteiger partial charge on any atom is -0.503 e. The van der Waals surface area contributed by atoms with Crippen molar-refractivity contribution in [3.05, 3.63) is 27.7 Å². The quantitative estimate of drug-likeness (QED) is 0.733. The molecule has 2 aliphatic heterocycles. The lowest BCUT2D eigenvalue weighted by Crippen LogP contribution is -2.59. The van der Waals surface area contributed by atoms with Crippen LogP contribution in [0.15, 0.2) is 11.0 Å². The first-order valence-corrected chi connectivity index (χ1v) is 7.69. The van der Waals surface area contributed by atoms with Gasteiger partial charge in [0.2, 0.25) is 5.43 Å². The molecule has 23 heavy (non-hydrogen) atoms. The predicted molar refractivity (Wildman–Crippen MR) is 77.9 cm³/mol. The highest BCUT2D eigenvalue weighted by Crippen LogP contribution is 2.39. The van der Waals surface area contributed by atoms with Crippen molar-refractivity contribution < 1.29 is 19.4 Å². The zero-order valence-corrected chi connectivity index (χ0v) is 12.4. The summed E-state index contributed by atoms with van der Waals surface area (Å²) in [6.45, 7) is 0.863.